The lowest BCUT2D eigenvalue weighted by Gasteiger charge is -2.32. The highest BCUT2D eigenvalue weighted by atomic mass is 35.5. The first-order valence-electron chi connectivity index (χ1n) is 11.6. The minimum atomic E-state index is -0.798. The van der Waals surface area contributed by atoms with Gasteiger partial charge in [-0.2, -0.15) is 0 Å². The molecule has 0 aliphatic heterocycles. The van der Waals surface area contributed by atoms with Crippen molar-refractivity contribution >= 4 is 23.4 Å². The number of hydrogen-bond acceptors (Lipinski definition) is 3. The zero-order chi connectivity index (χ0) is 25.2. The van der Waals surface area contributed by atoms with Crippen molar-refractivity contribution in [3.63, 3.8) is 0 Å². The van der Waals surface area contributed by atoms with Crippen LogP contribution in [0.1, 0.15) is 30.0 Å². The number of hydrogen-bond donors (Lipinski definition) is 1. The van der Waals surface area contributed by atoms with E-state index in [9.17, 15) is 14.0 Å². The van der Waals surface area contributed by atoms with Gasteiger partial charge in [-0.05, 0) is 41.8 Å². The Balaban J connectivity index is 2.00. The first kappa shape index (κ1) is 26.2. The quantitative estimate of drug-likeness (QED) is 0.397. The maximum Gasteiger partial charge on any atom is 0.243 e. The van der Waals surface area contributed by atoms with Gasteiger partial charge in [-0.25, -0.2) is 4.39 Å². The Hall–Kier alpha value is -3.38. The minimum absolute atomic E-state index is 0.113. The molecule has 184 valence electrons. The molecular weight excluding hydrogens is 467 g/mol. The van der Waals surface area contributed by atoms with Crippen molar-refractivity contribution in [3.8, 4) is 5.75 Å². The second-order valence-electron chi connectivity index (χ2n) is 8.25. The fourth-order valence-electron chi connectivity index (χ4n) is 3.84. The van der Waals surface area contributed by atoms with E-state index in [-0.39, 0.29) is 29.5 Å². The summed E-state index contributed by atoms with van der Waals surface area (Å²) in [5.41, 5.74) is 1.82. The highest BCUT2D eigenvalue weighted by molar-refractivity contribution is 6.31. The molecule has 0 aliphatic carbocycles. The van der Waals surface area contributed by atoms with Crippen LogP contribution in [-0.4, -0.2) is 36.4 Å². The highest BCUT2D eigenvalue weighted by Gasteiger charge is 2.31. The number of nitrogens with zero attached hydrogens (tertiary/aromatic N) is 1. The third-order valence-electron chi connectivity index (χ3n) is 5.70. The number of carbonyl (C=O) groups is 2. The average molecular weight is 497 g/mol. The number of nitrogens with one attached hydrogen (secondary N) is 1. The summed E-state index contributed by atoms with van der Waals surface area (Å²) in [6.07, 6.45) is 0.817. The molecule has 7 heteroatoms. The van der Waals surface area contributed by atoms with Crippen LogP contribution in [0, 0.1) is 5.82 Å². The first-order valence-corrected chi connectivity index (χ1v) is 12.0. The zero-order valence-electron chi connectivity index (χ0n) is 20.0. The molecule has 0 aromatic heterocycles. The Kier molecular flexibility index (Phi) is 9.67. The topological polar surface area (TPSA) is 58.6 Å². The second-order valence-corrected chi connectivity index (χ2v) is 8.65. The molecule has 0 saturated carbocycles. The van der Waals surface area contributed by atoms with Gasteiger partial charge in [0.2, 0.25) is 11.8 Å². The molecule has 1 atom stereocenters. The number of rotatable bonds is 11. The maximum atomic E-state index is 14.5. The Morgan fingerprint density at radius 2 is 1.74 bits per heavy atom. The van der Waals surface area contributed by atoms with Gasteiger partial charge >= 0.3 is 0 Å². The summed E-state index contributed by atoms with van der Waals surface area (Å²) in [5, 5.41) is 3.10. The molecule has 3 aromatic carbocycles. The van der Waals surface area contributed by atoms with Gasteiger partial charge < -0.3 is 15.0 Å². The summed E-state index contributed by atoms with van der Waals surface area (Å²) in [5.74, 6) is -0.566. The van der Waals surface area contributed by atoms with Crippen molar-refractivity contribution in [2.24, 2.45) is 0 Å². The molecule has 0 heterocycles. The van der Waals surface area contributed by atoms with Gasteiger partial charge in [0.1, 0.15) is 17.6 Å². The lowest BCUT2D eigenvalue weighted by Crippen LogP contribution is -2.51. The van der Waals surface area contributed by atoms with E-state index < -0.39 is 17.8 Å². The third kappa shape index (κ3) is 7.30. The Labute approximate surface area is 210 Å². The fourth-order valence-corrected chi connectivity index (χ4v) is 4.07. The van der Waals surface area contributed by atoms with Gasteiger partial charge in [-0.15, -0.1) is 0 Å². The second kappa shape index (κ2) is 12.9. The van der Waals surface area contributed by atoms with Crippen LogP contribution in [-0.2, 0) is 29.0 Å². The largest absolute Gasteiger partial charge is 0.497 e. The van der Waals surface area contributed by atoms with Crippen LogP contribution in [0.4, 0.5) is 4.39 Å². The molecule has 1 N–H and O–H groups in total. The van der Waals surface area contributed by atoms with Crippen LogP contribution in [0.5, 0.6) is 5.75 Å². The van der Waals surface area contributed by atoms with E-state index in [0.717, 1.165) is 17.5 Å². The maximum absolute atomic E-state index is 14.5. The molecule has 0 saturated heterocycles. The SMILES string of the molecule is CCCNC(=O)C(Cc1ccccc1)N(Cc1cccc(OC)c1)C(=O)Cc1c(F)cccc1Cl. The van der Waals surface area contributed by atoms with Crippen LogP contribution in [0.2, 0.25) is 5.02 Å². The van der Waals surface area contributed by atoms with Crippen LogP contribution < -0.4 is 10.1 Å². The Bertz CT molecular complexity index is 1120. The van der Waals surface area contributed by atoms with E-state index in [2.05, 4.69) is 5.32 Å². The average Bonchev–Trinajstić information content (AvgIpc) is 2.87. The molecule has 1 unspecified atom stereocenters. The molecule has 0 radical (unpaired) electrons. The van der Waals surface area contributed by atoms with E-state index >= 15 is 0 Å². The summed E-state index contributed by atoms with van der Waals surface area (Å²) >= 11 is 6.21. The van der Waals surface area contributed by atoms with Crippen LogP contribution >= 0.6 is 11.6 Å². The van der Waals surface area contributed by atoms with E-state index in [1.54, 1.807) is 13.2 Å². The summed E-state index contributed by atoms with van der Waals surface area (Å²) in [7, 11) is 1.57. The molecular formula is C28H30ClFN2O3. The number of methoxy groups -OCH3 is 1. The summed E-state index contributed by atoms with van der Waals surface area (Å²) in [4.78, 5) is 28.5. The van der Waals surface area contributed by atoms with Crippen molar-refractivity contribution in [2.75, 3.05) is 13.7 Å². The molecule has 0 spiro atoms. The van der Waals surface area contributed by atoms with Gasteiger partial charge in [0.25, 0.3) is 0 Å². The van der Waals surface area contributed by atoms with Gasteiger partial charge in [-0.3, -0.25) is 9.59 Å². The smallest absolute Gasteiger partial charge is 0.243 e. The molecule has 35 heavy (non-hydrogen) atoms. The molecule has 3 aromatic rings. The van der Waals surface area contributed by atoms with E-state index in [0.29, 0.717) is 18.7 Å². The van der Waals surface area contributed by atoms with E-state index in [1.807, 2.05) is 61.5 Å². The molecule has 0 aliphatic rings. The number of benzene rings is 3. The van der Waals surface area contributed by atoms with Crippen molar-refractivity contribution in [2.45, 2.75) is 38.8 Å². The number of amides is 2. The molecule has 2 amide bonds. The van der Waals surface area contributed by atoms with Gasteiger partial charge in [0.05, 0.1) is 13.5 Å². The fraction of sp³-hybridized carbons (Fsp3) is 0.286. The van der Waals surface area contributed by atoms with Crippen LogP contribution in [0.15, 0.2) is 72.8 Å². The standard InChI is InChI=1S/C28H30ClFN2O3/c1-3-15-31-28(34)26(17-20-9-5-4-6-10-20)32(19-21-11-7-12-22(16-21)35-2)27(33)18-23-24(29)13-8-14-25(23)30/h4-14,16,26H,3,15,17-19H2,1-2H3,(H,31,34). The van der Waals surface area contributed by atoms with Crippen LogP contribution in [0.3, 0.4) is 0 Å². The predicted octanol–water partition coefficient (Wildman–Crippen LogP) is 5.20. The molecule has 0 fully saturated rings. The zero-order valence-corrected chi connectivity index (χ0v) is 20.7. The van der Waals surface area contributed by atoms with Gasteiger partial charge in [-0.1, -0.05) is 67.1 Å². The number of carbonyl (C=O) groups excluding carboxylic acids is 2. The van der Waals surface area contributed by atoms with Crippen molar-refractivity contribution in [3.05, 3.63) is 100 Å². The normalized spacial score (nSPS) is 11.5. The molecule has 5 nitrogen and oxygen atoms in total. The lowest BCUT2D eigenvalue weighted by atomic mass is 10.0. The lowest BCUT2D eigenvalue weighted by molar-refractivity contribution is -0.140. The van der Waals surface area contributed by atoms with E-state index in [4.69, 9.17) is 16.3 Å². The Morgan fingerprint density at radius 3 is 2.43 bits per heavy atom. The summed E-state index contributed by atoms with van der Waals surface area (Å²) < 4.78 is 19.9. The monoisotopic (exact) mass is 496 g/mol. The van der Waals surface area contributed by atoms with Crippen LogP contribution in [0.25, 0.3) is 0 Å². The molecule has 0 bridgehead atoms. The summed E-state index contributed by atoms with van der Waals surface area (Å²) in [6, 6.07) is 20.4. The van der Waals surface area contributed by atoms with Crippen molar-refractivity contribution in [1.29, 1.82) is 0 Å². The van der Waals surface area contributed by atoms with Crippen molar-refractivity contribution in [1.82, 2.24) is 10.2 Å². The first-order chi connectivity index (χ1) is 16.9. The number of ether oxygens (including phenoxy) is 1. The minimum Gasteiger partial charge on any atom is -0.497 e. The predicted molar refractivity (Wildman–Crippen MR) is 136 cm³/mol. The summed E-state index contributed by atoms with van der Waals surface area (Å²) in [6.45, 7) is 2.61. The van der Waals surface area contributed by atoms with Crippen molar-refractivity contribution < 1.29 is 18.7 Å². The Morgan fingerprint density at radius 1 is 1.03 bits per heavy atom. The molecule has 3 rings (SSSR count). The third-order valence-corrected chi connectivity index (χ3v) is 6.05. The highest BCUT2D eigenvalue weighted by Crippen LogP contribution is 2.23. The van der Waals surface area contributed by atoms with E-state index in [1.165, 1.54) is 17.0 Å². The van der Waals surface area contributed by atoms with Gasteiger partial charge in [0.15, 0.2) is 0 Å². The number of halogens is 2. The van der Waals surface area contributed by atoms with Gasteiger partial charge in [0, 0.05) is 30.1 Å².